The Balaban J connectivity index is 2.73. The van der Waals surface area contributed by atoms with Crippen LogP contribution in [0.1, 0.15) is 52.9 Å². The van der Waals surface area contributed by atoms with E-state index in [0.29, 0.717) is 19.3 Å². The number of aliphatic hydroxyl groups excluding tert-OH is 1. The number of aliphatic hydroxyl groups is 1. The Morgan fingerprint density at radius 1 is 1.29 bits per heavy atom. The van der Waals surface area contributed by atoms with Crippen molar-refractivity contribution in [3.05, 3.63) is 11.6 Å². The first kappa shape index (κ1) is 14.6. The fourth-order valence-corrected chi connectivity index (χ4v) is 2.66. The van der Waals surface area contributed by atoms with E-state index in [-0.39, 0.29) is 30.8 Å². The Morgan fingerprint density at radius 3 is 2.24 bits per heavy atom. The zero-order valence-electron chi connectivity index (χ0n) is 11.1. The molecule has 1 aliphatic carbocycles. The number of hydrogen-bond acceptors (Lipinski definition) is 1. The van der Waals surface area contributed by atoms with Crippen LogP contribution in [0, 0.1) is 11.3 Å². The van der Waals surface area contributed by atoms with Gasteiger partial charge in [0.15, 0.2) is 0 Å². The zero-order valence-corrected chi connectivity index (χ0v) is 11.1. The zero-order chi connectivity index (χ0) is 13.1. The Morgan fingerprint density at radius 2 is 1.82 bits per heavy atom. The SMILES string of the molecule is CC(C)(C)C(=CCCO)C1CCC(F)(F)CC1. The molecule has 0 aromatic carbocycles. The van der Waals surface area contributed by atoms with Crippen molar-refractivity contribution in [2.75, 3.05) is 6.61 Å². The van der Waals surface area contributed by atoms with Crippen LogP contribution in [0.5, 0.6) is 0 Å². The number of hydrogen-bond donors (Lipinski definition) is 1. The minimum Gasteiger partial charge on any atom is -0.396 e. The lowest BCUT2D eigenvalue weighted by Crippen LogP contribution is -2.28. The molecular weight excluding hydrogens is 222 g/mol. The van der Waals surface area contributed by atoms with E-state index in [1.54, 1.807) is 0 Å². The third-order valence-electron chi connectivity index (χ3n) is 3.52. The summed E-state index contributed by atoms with van der Waals surface area (Å²) < 4.78 is 26.3. The molecule has 0 unspecified atom stereocenters. The highest BCUT2D eigenvalue weighted by atomic mass is 19.3. The monoisotopic (exact) mass is 246 g/mol. The second-order valence-electron chi connectivity index (χ2n) is 6.05. The Bertz CT molecular complexity index is 266. The van der Waals surface area contributed by atoms with E-state index in [4.69, 9.17) is 5.11 Å². The van der Waals surface area contributed by atoms with Gasteiger partial charge in [0.25, 0.3) is 0 Å². The molecule has 0 radical (unpaired) electrons. The molecular formula is C14H24F2O. The minimum atomic E-state index is -2.46. The lowest BCUT2D eigenvalue weighted by atomic mass is 9.72. The van der Waals surface area contributed by atoms with Crippen molar-refractivity contribution >= 4 is 0 Å². The van der Waals surface area contributed by atoms with Crippen LogP contribution in [0.4, 0.5) is 8.78 Å². The molecule has 1 fully saturated rings. The average Bonchev–Trinajstić information content (AvgIpc) is 2.19. The van der Waals surface area contributed by atoms with Crippen molar-refractivity contribution in [2.45, 2.75) is 58.8 Å². The predicted molar refractivity (Wildman–Crippen MR) is 66.1 cm³/mol. The van der Waals surface area contributed by atoms with Crippen LogP contribution < -0.4 is 0 Å². The molecule has 3 heteroatoms. The van der Waals surface area contributed by atoms with Crippen LogP contribution >= 0.6 is 0 Å². The van der Waals surface area contributed by atoms with Crippen LogP contribution in [0.3, 0.4) is 0 Å². The summed E-state index contributed by atoms with van der Waals surface area (Å²) in [6, 6.07) is 0. The van der Waals surface area contributed by atoms with Crippen molar-refractivity contribution in [2.24, 2.45) is 11.3 Å². The summed E-state index contributed by atoms with van der Waals surface area (Å²) in [5.41, 5.74) is 1.24. The molecule has 100 valence electrons. The largest absolute Gasteiger partial charge is 0.396 e. The third-order valence-corrected chi connectivity index (χ3v) is 3.52. The Kier molecular flexibility index (Phi) is 4.70. The van der Waals surface area contributed by atoms with Crippen LogP contribution in [-0.4, -0.2) is 17.6 Å². The highest BCUT2D eigenvalue weighted by molar-refractivity contribution is 5.16. The summed E-state index contributed by atoms with van der Waals surface area (Å²) >= 11 is 0. The maximum absolute atomic E-state index is 13.1. The van der Waals surface area contributed by atoms with Gasteiger partial charge in [-0.25, -0.2) is 8.78 Å². The average molecular weight is 246 g/mol. The maximum atomic E-state index is 13.1. The van der Waals surface area contributed by atoms with Crippen molar-refractivity contribution in [1.82, 2.24) is 0 Å². The van der Waals surface area contributed by atoms with Gasteiger partial charge in [-0.1, -0.05) is 32.4 Å². The van der Waals surface area contributed by atoms with Crippen molar-refractivity contribution in [3.8, 4) is 0 Å². The highest BCUT2D eigenvalue weighted by Gasteiger charge is 2.37. The van der Waals surface area contributed by atoms with E-state index in [9.17, 15) is 8.78 Å². The second-order valence-corrected chi connectivity index (χ2v) is 6.05. The van der Waals surface area contributed by atoms with E-state index in [1.807, 2.05) is 6.08 Å². The van der Waals surface area contributed by atoms with E-state index in [2.05, 4.69) is 20.8 Å². The van der Waals surface area contributed by atoms with Crippen LogP contribution in [0.2, 0.25) is 0 Å². The van der Waals surface area contributed by atoms with Gasteiger partial charge < -0.3 is 5.11 Å². The maximum Gasteiger partial charge on any atom is 0.248 e. The van der Waals surface area contributed by atoms with Gasteiger partial charge in [0.2, 0.25) is 5.92 Å². The second kappa shape index (κ2) is 5.47. The number of alkyl halides is 2. The van der Waals surface area contributed by atoms with E-state index in [1.165, 1.54) is 5.57 Å². The van der Waals surface area contributed by atoms with E-state index < -0.39 is 5.92 Å². The van der Waals surface area contributed by atoms with E-state index >= 15 is 0 Å². The molecule has 0 bridgehead atoms. The van der Waals surface area contributed by atoms with Crippen LogP contribution in [-0.2, 0) is 0 Å². The van der Waals surface area contributed by atoms with Gasteiger partial charge >= 0.3 is 0 Å². The quantitative estimate of drug-likeness (QED) is 0.741. The van der Waals surface area contributed by atoms with Gasteiger partial charge in [-0.2, -0.15) is 0 Å². The molecule has 0 aliphatic heterocycles. The molecule has 0 aromatic heterocycles. The topological polar surface area (TPSA) is 20.2 Å². The summed E-state index contributed by atoms with van der Waals surface area (Å²) in [6.45, 7) is 6.47. The van der Waals surface area contributed by atoms with Crippen molar-refractivity contribution in [1.29, 1.82) is 0 Å². The number of rotatable bonds is 3. The minimum absolute atomic E-state index is 0.00418. The summed E-state index contributed by atoms with van der Waals surface area (Å²) in [5.74, 6) is -2.20. The molecule has 0 atom stereocenters. The van der Waals surface area contributed by atoms with Gasteiger partial charge in [0.1, 0.15) is 0 Å². The fourth-order valence-electron chi connectivity index (χ4n) is 2.66. The van der Waals surface area contributed by atoms with Gasteiger partial charge in [-0.3, -0.25) is 0 Å². The molecule has 0 saturated heterocycles. The summed E-state index contributed by atoms with van der Waals surface area (Å²) in [4.78, 5) is 0. The van der Waals surface area contributed by atoms with Crippen LogP contribution in [0.25, 0.3) is 0 Å². The molecule has 0 amide bonds. The Labute approximate surface area is 103 Å². The molecule has 1 rings (SSSR count). The molecule has 1 N–H and O–H groups in total. The van der Waals surface area contributed by atoms with E-state index in [0.717, 1.165) is 0 Å². The normalized spacial score (nSPS) is 22.8. The standard InChI is InChI=1S/C14H24F2O/c1-13(2,3)12(5-4-10-17)11-6-8-14(15,16)9-7-11/h5,11,17H,4,6-10H2,1-3H3. The molecule has 17 heavy (non-hydrogen) atoms. The van der Waals surface area contributed by atoms with Crippen LogP contribution in [0.15, 0.2) is 11.6 Å². The molecule has 0 heterocycles. The van der Waals surface area contributed by atoms with Gasteiger partial charge in [-0.15, -0.1) is 0 Å². The molecule has 0 spiro atoms. The molecule has 0 aromatic rings. The smallest absolute Gasteiger partial charge is 0.248 e. The third kappa shape index (κ3) is 4.38. The van der Waals surface area contributed by atoms with Crippen molar-refractivity contribution < 1.29 is 13.9 Å². The first-order chi connectivity index (χ1) is 7.76. The first-order valence-electron chi connectivity index (χ1n) is 6.45. The number of allylic oxidation sites excluding steroid dienone is 1. The summed E-state index contributed by atoms with van der Waals surface area (Å²) in [5, 5.41) is 8.90. The highest BCUT2D eigenvalue weighted by Crippen LogP contribution is 2.44. The predicted octanol–water partition coefficient (Wildman–Crippen LogP) is 4.17. The summed E-state index contributed by atoms with van der Waals surface area (Å²) in [7, 11) is 0. The first-order valence-corrected chi connectivity index (χ1v) is 6.45. The molecule has 1 aliphatic rings. The lowest BCUT2D eigenvalue weighted by molar-refractivity contribution is -0.0435. The number of halogens is 2. The molecule has 1 nitrogen and oxygen atoms in total. The Hall–Kier alpha value is -0.440. The van der Waals surface area contributed by atoms with Gasteiger partial charge in [0.05, 0.1) is 0 Å². The fraction of sp³-hybridized carbons (Fsp3) is 0.857. The van der Waals surface area contributed by atoms with Crippen molar-refractivity contribution in [3.63, 3.8) is 0 Å². The van der Waals surface area contributed by atoms with Gasteiger partial charge in [0, 0.05) is 19.4 Å². The molecule has 1 saturated carbocycles. The summed E-state index contributed by atoms with van der Waals surface area (Å²) in [6.07, 6.45) is 3.82. The van der Waals surface area contributed by atoms with Gasteiger partial charge in [-0.05, 0) is 30.6 Å². The lowest BCUT2D eigenvalue weighted by Gasteiger charge is -2.35.